The van der Waals surface area contributed by atoms with E-state index in [1.807, 2.05) is 36.4 Å². The molecular formula is C19H17N3O4. The average molecular weight is 351 g/mol. The van der Waals surface area contributed by atoms with E-state index in [0.717, 1.165) is 16.0 Å². The number of likely N-dealkylation sites (tertiary alicyclic amines) is 1. The second kappa shape index (κ2) is 7.60. The van der Waals surface area contributed by atoms with Crippen molar-refractivity contribution in [2.45, 2.75) is 13.1 Å². The molecule has 7 nitrogen and oxygen atoms in total. The molecular weight excluding hydrogens is 334 g/mol. The summed E-state index contributed by atoms with van der Waals surface area (Å²) in [5, 5.41) is 14.7. The van der Waals surface area contributed by atoms with Crippen LogP contribution in [0.5, 0.6) is 0 Å². The summed E-state index contributed by atoms with van der Waals surface area (Å²) in [5.41, 5.74) is 1.12. The van der Waals surface area contributed by atoms with Gasteiger partial charge >= 0.3 is 0 Å². The first kappa shape index (κ1) is 17.3. The van der Waals surface area contributed by atoms with Crippen molar-refractivity contribution in [2.24, 2.45) is 11.1 Å². The lowest BCUT2D eigenvalue weighted by atomic mass is 10.1. The fraction of sp³-hybridized carbons (Fsp3) is 0.158. The Morgan fingerprint density at radius 2 is 1.58 bits per heavy atom. The van der Waals surface area contributed by atoms with Crippen LogP contribution in [0.1, 0.15) is 11.1 Å². The van der Waals surface area contributed by atoms with Crippen molar-refractivity contribution in [3.63, 3.8) is 0 Å². The number of nitrogens with zero attached hydrogens (tertiary/aromatic N) is 2. The van der Waals surface area contributed by atoms with E-state index in [0.29, 0.717) is 0 Å². The predicted molar refractivity (Wildman–Crippen MR) is 93.0 cm³/mol. The molecule has 26 heavy (non-hydrogen) atoms. The molecule has 1 aliphatic rings. The van der Waals surface area contributed by atoms with Gasteiger partial charge in [-0.15, -0.1) is 0 Å². The number of benzene rings is 2. The highest BCUT2D eigenvalue weighted by atomic mass is 16.4. The molecule has 3 amide bonds. The number of carbonyl (C=O) groups excluding carboxylic acids is 3. The summed E-state index contributed by atoms with van der Waals surface area (Å²) in [6.07, 6.45) is 0. The minimum Gasteiger partial charge on any atom is -0.410 e. The summed E-state index contributed by atoms with van der Waals surface area (Å²) in [4.78, 5) is 38.3. The molecule has 2 N–H and O–H groups in total. The average Bonchev–Trinajstić information content (AvgIpc) is 2.92. The molecule has 3 rings (SSSR count). The van der Waals surface area contributed by atoms with Crippen LogP contribution >= 0.6 is 0 Å². The molecule has 0 radical (unpaired) electrons. The van der Waals surface area contributed by atoms with Gasteiger partial charge in [-0.3, -0.25) is 19.3 Å². The lowest BCUT2D eigenvalue weighted by molar-refractivity contribution is -0.141. The number of carbonyl (C=O) groups is 3. The van der Waals surface area contributed by atoms with Crippen LogP contribution in [0.4, 0.5) is 0 Å². The number of oxime groups is 1. The molecule has 1 unspecified atom stereocenters. The van der Waals surface area contributed by atoms with E-state index in [2.05, 4.69) is 10.5 Å². The monoisotopic (exact) mass is 351 g/mol. The molecule has 132 valence electrons. The molecule has 7 heteroatoms. The Balaban J connectivity index is 1.74. The Morgan fingerprint density at radius 1 is 1.00 bits per heavy atom. The van der Waals surface area contributed by atoms with Gasteiger partial charge in [0.15, 0.2) is 11.6 Å². The molecule has 1 saturated heterocycles. The largest absolute Gasteiger partial charge is 0.410 e. The smallest absolute Gasteiger partial charge is 0.279 e. The summed E-state index contributed by atoms with van der Waals surface area (Å²) in [6, 6.07) is 18.1. The van der Waals surface area contributed by atoms with Crippen molar-refractivity contribution >= 4 is 23.4 Å². The Morgan fingerprint density at radius 3 is 2.15 bits per heavy atom. The van der Waals surface area contributed by atoms with Crippen molar-refractivity contribution in [1.29, 1.82) is 0 Å². The van der Waals surface area contributed by atoms with E-state index in [1.165, 1.54) is 0 Å². The summed E-state index contributed by atoms with van der Waals surface area (Å²) in [7, 11) is 0. The van der Waals surface area contributed by atoms with Gasteiger partial charge in [0.2, 0.25) is 11.8 Å². The Bertz CT molecular complexity index is 850. The highest BCUT2D eigenvalue weighted by Gasteiger charge is 2.49. The molecule has 2 aromatic rings. The van der Waals surface area contributed by atoms with Crippen molar-refractivity contribution in [3.8, 4) is 0 Å². The van der Waals surface area contributed by atoms with Crippen LogP contribution in [0.3, 0.4) is 0 Å². The van der Waals surface area contributed by atoms with Crippen LogP contribution in [-0.2, 0) is 27.5 Å². The van der Waals surface area contributed by atoms with Gasteiger partial charge in [-0.2, -0.15) is 0 Å². The van der Waals surface area contributed by atoms with Crippen molar-refractivity contribution in [3.05, 3.63) is 71.8 Å². The Hall–Kier alpha value is -3.48. The number of amides is 3. The van der Waals surface area contributed by atoms with E-state index in [9.17, 15) is 14.4 Å². The second-order valence-corrected chi connectivity index (χ2v) is 5.84. The van der Waals surface area contributed by atoms with Crippen molar-refractivity contribution in [2.75, 3.05) is 0 Å². The van der Waals surface area contributed by atoms with Gasteiger partial charge in [0.25, 0.3) is 5.91 Å². The van der Waals surface area contributed by atoms with E-state index < -0.39 is 29.4 Å². The first-order valence-electron chi connectivity index (χ1n) is 8.05. The normalized spacial score (nSPS) is 18.4. The highest BCUT2D eigenvalue weighted by molar-refractivity contribution is 6.54. The van der Waals surface area contributed by atoms with Gasteiger partial charge in [-0.25, -0.2) is 0 Å². The number of hydrogen-bond donors (Lipinski definition) is 2. The van der Waals surface area contributed by atoms with Crippen LogP contribution < -0.4 is 5.32 Å². The third kappa shape index (κ3) is 3.46. The fourth-order valence-electron chi connectivity index (χ4n) is 2.77. The highest BCUT2D eigenvalue weighted by Crippen LogP contribution is 2.20. The van der Waals surface area contributed by atoms with Gasteiger partial charge in [0, 0.05) is 6.54 Å². The summed E-state index contributed by atoms with van der Waals surface area (Å²) < 4.78 is 0. The maximum absolute atomic E-state index is 12.6. The molecule has 1 fully saturated rings. The Labute approximate surface area is 149 Å². The molecule has 0 saturated carbocycles. The molecule has 2 aromatic carbocycles. The van der Waals surface area contributed by atoms with Crippen LogP contribution in [0.25, 0.3) is 0 Å². The third-order valence-electron chi connectivity index (χ3n) is 4.11. The molecule has 1 atom stereocenters. The van der Waals surface area contributed by atoms with Gasteiger partial charge in [-0.05, 0) is 11.1 Å². The molecule has 0 aliphatic carbocycles. The minimum absolute atomic E-state index is 0.0139. The van der Waals surface area contributed by atoms with Crippen LogP contribution in [0.2, 0.25) is 0 Å². The number of hydrogen-bond acceptors (Lipinski definition) is 5. The maximum atomic E-state index is 12.6. The van der Waals surface area contributed by atoms with Crippen LogP contribution in [-0.4, -0.2) is 33.5 Å². The SMILES string of the molecule is O=C(NCc1ccccc1)C1C(=O)N(Cc2ccccc2)C(=O)C1=NO. The second-order valence-electron chi connectivity index (χ2n) is 5.84. The van der Waals surface area contributed by atoms with E-state index in [-0.39, 0.29) is 13.1 Å². The van der Waals surface area contributed by atoms with Gasteiger partial charge in [0.1, 0.15) is 0 Å². The van der Waals surface area contributed by atoms with Gasteiger partial charge < -0.3 is 10.5 Å². The zero-order valence-electron chi connectivity index (χ0n) is 13.8. The Kier molecular flexibility index (Phi) is 5.07. The van der Waals surface area contributed by atoms with Crippen LogP contribution in [0.15, 0.2) is 65.8 Å². The summed E-state index contributed by atoms with van der Waals surface area (Å²) >= 11 is 0. The molecule has 0 bridgehead atoms. The van der Waals surface area contributed by atoms with Gasteiger partial charge in [0.05, 0.1) is 6.54 Å². The van der Waals surface area contributed by atoms with E-state index in [4.69, 9.17) is 5.21 Å². The summed E-state index contributed by atoms with van der Waals surface area (Å²) in [6.45, 7) is 0.217. The lowest BCUT2D eigenvalue weighted by Gasteiger charge is -2.14. The number of nitrogens with one attached hydrogen (secondary N) is 1. The first-order valence-corrected chi connectivity index (χ1v) is 8.05. The zero-order chi connectivity index (χ0) is 18.5. The quantitative estimate of drug-likeness (QED) is 0.367. The van der Waals surface area contributed by atoms with E-state index >= 15 is 0 Å². The standard InChI is InChI=1S/C19H17N3O4/c23-17(20-11-13-7-3-1-4-8-13)15-16(21-26)19(25)22(18(15)24)12-14-9-5-2-6-10-14/h1-10,15,26H,11-12H2,(H,20,23). The number of rotatable bonds is 5. The molecule has 0 spiro atoms. The predicted octanol–water partition coefficient (Wildman–Crippen LogP) is 1.32. The topological polar surface area (TPSA) is 99.1 Å². The maximum Gasteiger partial charge on any atom is 0.279 e. The first-order chi connectivity index (χ1) is 12.6. The van der Waals surface area contributed by atoms with Crippen molar-refractivity contribution < 1.29 is 19.6 Å². The van der Waals surface area contributed by atoms with E-state index in [1.54, 1.807) is 24.3 Å². The van der Waals surface area contributed by atoms with Crippen molar-refractivity contribution in [1.82, 2.24) is 10.2 Å². The van der Waals surface area contributed by atoms with Gasteiger partial charge in [-0.1, -0.05) is 65.8 Å². The third-order valence-corrected chi connectivity index (χ3v) is 4.11. The molecule has 0 aromatic heterocycles. The van der Waals surface area contributed by atoms with Crippen LogP contribution in [0, 0.1) is 5.92 Å². The molecule has 1 aliphatic heterocycles. The minimum atomic E-state index is -1.44. The lowest BCUT2D eigenvalue weighted by Crippen LogP contribution is -2.38. The zero-order valence-corrected chi connectivity index (χ0v) is 13.8. The molecule has 1 heterocycles. The fourth-order valence-corrected chi connectivity index (χ4v) is 2.77. The number of imide groups is 1. The summed E-state index contributed by atoms with van der Waals surface area (Å²) in [5.74, 6) is -3.58.